The van der Waals surface area contributed by atoms with Crippen LogP contribution in [0.15, 0.2) is 97.1 Å². The van der Waals surface area contributed by atoms with Crippen LogP contribution in [0.2, 0.25) is 0 Å². The Morgan fingerprint density at radius 2 is 0.864 bits per heavy atom. The quantitative estimate of drug-likeness (QED) is 0.115. The van der Waals surface area contributed by atoms with Gasteiger partial charge in [0.05, 0.1) is 0 Å². The topological polar surface area (TPSA) is 77.0 Å². The number of rotatable bonds is 19. The molecular formula is C38H50N4O2. The minimum absolute atomic E-state index is 0.549. The highest BCUT2D eigenvalue weighted by Gasteiger charge is 2.05. The highest BCUT2D eigenvalue weighted by molar-refractivity contribution is 5.30. The normalized spacial score (nSPS) is 11.3. The largest absolute Gasteiger partial charge is 0.489 e. The molecule has 0 unspecified atom stereocenters. The molecule has 0 saturated heterocycles. The van der Waals surface area contributed by atoms with Crippen molar-refractivity contribution in [3.05, 3.63) is 130 Å². The molecule has 0 aromatic heterocycles. The Kier molecular flexibility index (Phi) is 13.7. The number of nitrogens with zero attached hydrogens (tertiary/aromatic N) is 2. The molecule has 234 valence electrons. The molecule has 0 bridgehead atoms. The zero-order valence-corrected chi connectivity index (χ0v) is 26.6. The van der Waals surface area contributed by atoms with E-state index in [1.807, 2.05) is 48.5 Å². The molecule has 4 N–H and O–H groups in total. The van der Waals surface area contributed by atoms with Crippen LogP contribution in [0.4, 0.5) is 0 Å². The lowest BCUT2D eigenvalue weighted by Gasteiger charge is -2.18. The molecule has 0 fully saturated rings. The molecule has 0 aliphatic carbocycles. The molecule has 0 heterocycles. The van der Waals surface area contributed by atoms with Crippen LogP contribution in [0, 0.1) is 0 Å². The lowest BCUT2D eigenvalue weighted by atomic mass is 10.1. The molecule has 4 rings (SSSR count). The maximum atomic E-state index is 5.97. The summed E-state index contributed by atoms with van der Waals surface area (Å²) in [6.45, 7) is 6.35. The molecule has 44 heavy (non-hydrogen) atoms. The zero-order chi connectivity index (χ0) is 31.0. The lowest BCUT2D eigenvalue weighted by molar-refractivity contribution is 0.298. The van der Waals surface area contributed by atoms with Crippen molar-refractivity contribution in [2.45, 2.75) is 65.1 Å². The van der Waals surface area contributed by atoms with Gasteiger partial charge in [-0.3, -0.25) is 0 Å². The minimum Gasteiger partial charge on any atom is -0.489 e. The van der Waals surface area contributed by atoms with Gasteiger partial charge in [-0.05, 0) is 97.7 Å². The summed E-state index contributed by atoms with van der Waals surface area (Å²) in [4.78, 5) is 4.84. The Hall–Kier alpha value is -3.68. The van der Waals surface area contributed by atoms with Crippen molar-refractivity contribution < 1.29 is 9.47 Å². The van der Waals surface area contributed by atoms with Gasteiger partial charge in [-0.2, -0.15) is 0 Å². The fraction of sp³-hybridized carbons (Fsp3) is 0.368. The predicted octanol–water partition coefficient (Wildman–Crippen LogP) is 6.89. The van der Waals surface area contributed by atoms with E-state index in [0.29, 0.717) is 26.3 Å². The smallest absolute Gasteiger partial charge is 0.119 e. The summed E-state index contributed by atoms with van der Waals surface area (Å²) in [6.07, 6.45) is 4.96. The monoisotopic (exact) mass is 594 g/mol. The molecule has 0 aliphatic heterocycles. The maximum Gasteiger partial charge on any atom is 0.119 e. The Bertz CT molecular complexity index is 1270. The van der Waals surface area contributed by atoms with E-state index in [2.05, 4.69) is 72.4 Å². The SMILES string of the molecule is CN(CCCCCCN(C)Cc1cccc(COc2ccc(CN)cc2)c1)Cc1cccc(COc2ccc(CN)cc2)c1. The molecule has 0 spiro atoms. The average Bonchev–Trinajstić information content (AvgIpc) is 3.05. The number of hydrogen-bond donors (Lipinski definition) is 2. The van der Waals surface area contributed by atoms with E-state index in [1.165, 1.54) is 47.9 Å². The molecule has 4 aromatic rings. The Balaban J connectivity index is 1.07. The van der Waals surface area contributed by atoms with E-state index < -0.39 is 0 Å². The van der Waals surface area contributed by atoms with Crippen LogP contribution < -0.4 is 20.9 Å². The number of unbranched alkanes of at least 4 members (excludes halogenated alkanes) is 3. The van der Waals surface area contributed by atoms with Gasteiger partial charge in [0.2, 0.25) is 0 Å². The van der Waals surface area contributed by atoms with Crippen LogP contribution in [0.5, 0.6) is 11.5 Å². The number of nitrogens with two attached hydrogens (primary N) is 2. The van der Waals surface area contributed by atoms with Crippen molar-refractivity contribution >= 4 is 0 Å². The van der Waals surface area contributed by atoms with E-state index in [0.717, 1.165) is 48.8 Å². The van der Waals surface area contributed by atoms with Crippen LogP contribution in [0.1, 0.15) is 59.1 Å². The van der Waals surface area contributed by atoms with Gasteiger partial charge in [0, 0.05) is 26.2 Å². The first kappa shape index (κ1) is 33.2. The van der Waals surface area contributed by atoms with Crippen molar-refractivity contribution in [3.63, 3.8) is 0 Å². The third-order valence-corrected chi connectivity index (χ3v) is 7.85. The number of ether oxygens (including phenoxy) is 2. The molecule has 0 aliphatic rings. The van der Waals surface area contributed by atoms with Crippen LogP contribution in [0.25, 0.3) is 0 Å². The highest BCUT2D eigenvalue weighted by atomic mass is 16.5. The van der Waals surface area contributed by atoms with Gasteiger partial charge in [0.25, 0.3) is 0 Å². The van der Waals surface area contributed by atoms with Crippen molar-refractivity contribution in [3.8, 4) is 11.5 Å². The molecule has 0 radical (unpaired) electrons. The first-order valence-corrected chi connectivity index (χ1v) is 15.9. The first-order chi connectivity index (χ1) is 21.5. The van der Waals surface area contributed by atoms with Gasteiger partial charge in [0.15, 0.2) is 0 Å². The summed E-state index contributed by atoms with van der Waals surface area (Å²) in [6, 6.07) is 33.4. The predicted molar refractivity (Wildman–Crippen MR) is 181 cm³/mol. The molecule has 0 atom stereocenters. The van der Waals surface area contributed by atoms with Crippen molar-refractivity contribution in [1.29, 1.82) is 0 Å². The maximum absolute atomic E-state index is 5.97. The van der Waals surface area contributed by atoms with E-state index >= 15 is 0 Å². The van der Waals surface area contributed by atoms with Gasteiger partial charge in [-0.25, -0.2) is 0 Å². The second-order valence-corrected chi connectivity index (χ2v) is 11.8. The van der Waals surface area contributed by atoms with E-state index in [1.54, 1.807) is 0 Å². The standard InChI is InChI=1S/C38H50N4O2/c1-41(27-33-9-7-11-35(23-33)29-43-37-17-13-31(25-39)14-18-37)21-5-3-4-6-22-42(2)28-34-10-8-12-36(24-34)30-44-38-19-15-32(26-40)16-20-38/h7-20,23-24H,3-6,21-22,25-30,39-40H2,1-2H3. The highest BCUT2D eigenvalue weighted by Crippen LogP contribution is 2.17. The van der Waals surface area contributed by atoms with Crippen LogP contribution in [-0.2, 0) is 39.4 Å². The third kappa shape index (κ3) is 11.8. The molecule has 6 heteroatoms. The Morgan fingerprint density at radius 3 is 1.25 bits per heavy atom. The summed E-state index contributed by atoms with van der Waals surface area (Å²) in [5, 5.41) is 0. The van der Waals surface area contributed by atoms with Gasteiger partial charge in [-0.15, -0.1) is 0 Å². The molecule has 4 aromatic carbocycles. The van der Waals surface area contributed by atoms with Gasteiger partial charge in [-0.1, -0.05) is 85.6 Å². The minimum atomic E-state index is 0.549. The second-order valence-electron chi connectivity index (χ2n) is 11.8. The first-order valence-electron chi connectivity index (χ1n) is 15.9. The van der Waals surface area contributed by atoms with Gasteiger partial charge < -0.3 is 30.7 Å². The Labute approximate surface area is 264 Å². The summed E-state index contributed by atoms with van der Waals surface area (Å²) in [5.74, 6) is 1.74. The van der Waals surface area contributed by atoms with E-state index in [4.69, 9.17) is 20.9 Å². The van der Waals surface area contributed by atoms with Gasteiger partial charge in [0.1, 0.15) is 24.7 Å². The van der Waals surface area contributed by atoms with Crippen molar-refractivity contribution in [2.24, 2.45) is 11.5 Å². The Morgan fingerprint density at radius 1 is 0.477 bits per heavy atom. The summed E-state index contributed by atoms with van der Waals surface area (Å²) in [7, 11) is 4.43. The average molecular weight is 595 g/mol. The van der Waals surface area contributed by atoms with E-state index in [9.17, 15) is 0 Å². The van der Waals surface area contributed by atoms with Crippen LogP contribution >= 0.6 is 0 Å². The summed E-state index contributed by atoms with van der Waals surface area (Å²) < 4.78 is 11.9. The summed E-state index contributed by atoms with van der Waals surface area (Å²) in [5.41, 5.74) is 18.6. The summed E-state index contributed by atoms with van der Waals surface area (Å²) >= 11 is 0. The lowest BCUT2D eigenvalue weighted by Crippen LogP contribution is -2.20. The third-order valence-electron chi connectivity index (χ3n) is 7.85. The van der Waals surface area contributed by atoms with E-state index in [-0.39, 0.29) is 0 Å². The molecule has 0 saturated carbocycles. The zero-order valence-electron chi connectivity index (χ0n) is 26.6. The second kappa shape index (κ2) is 18.2. The van der Waals surface area contributed by atoms with Crippen molar-refractivity contribution in [2.75, 3.05) is 27.2 Å². The molecular weight excluding hydrogens is 544 g/mol. The number of benzene rings is 4. The fourth-order valence-electron chi connectivity index (χ4n) is 5.31. The van der Waals surface area contributed by atoms with Crippen LogP contribution in [-0.4, -0.2) is 37.0 Å². The molecule has 0 amide bonds. The molecule has 6 nitrogen and oxygen atoms in total. The number of hydrogen-bond acceptors (Lipinski definition) is 6. The van der Waals surface area contributed by atoms with Crippen LogP contribution in [0.3, 0.4) is 0 Å². The van der Waals surface area contributed by atoms with Gasteiger partial charge >= 0.3 is 0 Å². The van der Waals surface area contributed by atoms with Crippen molar-refractivity contribution in [1.82, 2.24) is 9.80 Å². The fourth-order valence-corrected chi connectivity index (χ4v) is 5.31.